The van der Waals surface area contributed by atoms with Crippen molar-refractivity contribution in [3.63, 3.8) is 0 Å². The van der Waals surface area contributed by atoms with Gasteiger partial charge in [0, 0.05) is 5.57 Å². The van der Waals surface area contributed by atoms with Crippen molar-refractivity contribution in [2.24, 2.45) is 17.8 Å². The van der Waals surface area contributed by atoms with Crippen LogP contribution in [0.3, 0.4) is 0 Å². The molecule has 2 fully saturated rings. The Morgan fingerprint density at radius 2 is 1.86 bits per heavy atom. The van der Waals surface area contributed by atoms with E-state index in [2.05, 4.69) is 6.58 Å². The summed E-state index contributed by atoms with van der Waals surface area (Å²) in [5, 5.41) is 8.82. The second kappa shape index (κ2) is 3.76. The number of carbonyl (C=O) groups is 1. The summed E-state index contributed by atoms with van der Waals surface area (Å²) in [5.74, 6) is 1.21. The van der Waals surface area contributed by atoms with Crippen LogP contribution in [0.1, 0.15) is 38.5 Å². The summed E-state index contributed by atoms with van der Waals surface area (Å²) in [6.07, 6.45) is 7.48. The molecule has 0 spiro atoms. The second-order valence-electron chi connectivity index (χ2n) is 4.89. The SMILES string of the molecule is C=C(C(=O)O)C1CCC(CC2CC2)C1. The van der Waals surface area contributed by atoms with Gasteiger partial charge in [-0.25, -0.2) is 4.79 Å². The highest BCUT2D eigenvalue weighted by Crippen LogP contribution is 2.43. The highest BCUT2D eigenvalue weighted by Gasteiger charge is 2.33. The molecule has 1 N–H and O–H groups in total. The maximum atomic E-state index is 10.7. The fourth-order valence-electron chi connectivity index (χ4n) is 2.61. The lowest BCUT2D eigenvalue weighted by Gasteiger charge is -2.10. The van der Waals surface area contributed by atoms with Crippen molar-refractivity contribution in [3.8, 4) is 0 Å². The van der Waals surface area contributed by atoms with E-state index in [-0.39, 0.29) is 5.92 Å². The average Bonchev–Trinajstić information content (AvgIpc) is 2.81. The van der Waals surface area contributed by atoms with E-state index in [0.29, 0.717) is 5.57 Å². The summed E-state index contributed by atoms with van der Waals surface area (Å²) >= 11 is 0. The first-order valence-electron chi connectivity index (χ1n) is 5.59. The van der Waals surface area contributed by atoms with Crippen molar-refractivity contribution in [1.82, 2.24) is 0 Å². The molecule has 2 aliphatic carbocycles. The van der Waals surface area contributed by atoms with Crippen LogP contribution in [0.25, 0.3) is 0 Å². The molecule has 2 unspecified atom stereocenters. The Kier molecular flexibility index (Phi) is 2.62. The lowest BCUT2D eigenvalue weighted by molar-refractivity contribution is -0.133. The van der Waals surface area contributed by atoms with E-state index in [0.717, 1.165) is 24.7 Å². The van der Waals surface area contributed by atoms with Crippen LogP contribution < -0.4 is 0 Å². The number of hydrogen-bond donors (Lipinski definition) is 1. The standard InChI is InChI=1S/C12H18O2/c1-8(12(13)14)11-5-4-10(7-11)6-9-2-3-9/h9-11H,1-7H2,(H,13,14). The predicted octanol–water partition coefficient (Wildman–Crippen LogP) is 2.84. The van der Waals surface area contributed by atoms with Gasteiger partial charge in [-0.2, -0.15) is 0 Å². The largest absolute Gasteiger partial charge is 0.478 e. The maximum absolute atomic E-state index is 10.7. The van der Waals surface area contributed by atoms with Gasteiger partial charge in [0.1, 0.15) is 0 Å². The number of carboxylic acids is 1. The first-order valence-corrected chi connectivity index (χ1v) is 5.59. The van der Waals surface area contributed by atoms with Crippen LogP contribution in [-0.2, 0) is 4.79 Å². The van der Waals surface area contributed by atoms with Crippen LogP contribution in [0.4, 0.5) is 0 Å². The Balaban J connectivity index is 1.81. The van der Waals surface area contributed by atoms with Crippen molar-refractivity contribution in [2.75, 3.05) is 0 Å². The first-order chi connectivity index (χ1) is 6.66. The summed E-state index contributed by atoms with van der Waals surface area (Å²) in [7, 11) is 0. The minimum absolute atomic E-state index is 0.260. The number of aliphatic carboxylic acids is 1. The molecule has 78 valence electrons. The average molecular weight is 194 g/mol. The summed E-state index contributed by atoms with van der Waals surface area (Å²) in [6.45, 7) is 3.67. The Bertz CT molecular complexity index is 253. The molecule has 2 heteroatoms. The van der Waals surface area contributed by atoms with E-state index in [1.807, 2.05) is 0 Å². The molecule has 0 aromatic carbocycles. The molecule has 0 heterocycles. The second-order valence-corrected chi connectivity index (χ2v) is 4.89. The van der Waals surface area contributed by atoms with E-state index < -0.39 is 5.97 Å². The lowest BCUT2D eigenvalue weighted by atomic mass is 9.95. The van der Waals surface area contributed by atoms with Crippen LogP contribution in [0.15, 0.2) is 12.2 Å². The van der Waals surface area contributed by atoms with Crippen LogP contribution >= 0.6 is 0 Å². The number of hydrogen-bond acceptors (Lipinski definition) is 1. The molecular weight excluding hydrogens is 176 g/mol. The third kappa shape index (κ3) is 2.17. The summed E-state index contributed by atoms with van der Waals surface area (Å²) in [4.78, 5) is 10.7. The van der Waals surface area contributed by atoms with E-state index in [4.69, 9.17) is 5.11 Å². The van der Waals surface area contributed by atoms with Crippen molar-refractivity contribution in [3.05, 3.63) is 12.2 Å². The van der Waals surface area contributed by atoms with Crippen molar-refractivity contribution < 1.29 is 9.90 Å². The molecule has 0 radical (unpaired) electrons. The molecule has 0 amide bonds. The van der Waals surface area contributed by atoms with Gasteiger partial charge in [-0.05, 0) is 43.4 Å². The third-order valence-corrected chi connectivity index (χ3v) is 3.67. The third-order valence-electron chi connectivity index (χ3n) is 3.67. The summed E-state index contributed by atoms with van der Waals surface area (Å²) in [5.41, 5.74) is 0.434. The minimum atomic E-state index is -0.804. The zero-order chi connectivity index (χ0) is 10.1. The van der Waals surface area contributed by atoms with E-state index >= 15 is 0 Å². The summed E-state index contributed by atoms with van der Waals surface area (Å²) < 4.78 is 0. The van der Waals surface area contributed by atoms with Gasteiger partial charge in [-0.15, -0.1) is 0 Å². The van der Waals surface area contributed by atoms with Gasteiger partial charge in [0.15, 0.2) is 0 Å². The molecule has 2 rings (SSSR count). The van der Waals surface area contributed by atoms with Crippen molar-refractivity contribution in [1.29, 1.82) is 0 Å². The Morgan fingerprint density at radius 1 is 1.21 bits per heavy atom. The molecule has 2 aliphatic rings. The van der Waals surface area contributed by atoms with Crippen molar-refractivity contribution in [2.45, 2.75) is 38.5 Å². The van der Waals surface area contributed by atoms with Gasteiger partial charge in [0.25, 0.3) is 0 Å². The fourth-order valence-corrected chi connectivity index (χ4v) is 2.61. The Hall–Kier alpha value is -0.790. The van der Waals surface area contributed by atoms with Gasteiger partial charge in [0.05, 0.1) is 0 Å². The smallest absolute Gasteiger partial charge is 0.331 e. The molecule has 2 nitrogen and oxygen atoms in total. The highest BCUT2D eigenvalue weighted by atomic mass is 16.4. The molecule has 2 saturated carbocycles. The number of rotatable bonds is 4. The maximum Gasteiger partial charge on any atom is 0.331 e. The van der Waals surface area contributed by atoms with Gasteiger partial charge in [-0.3, -0.25) is 0 Å². The van der Waals surface area contributed by atoms with Gasteiger partial charge < -0.3 is 5.11 Å². The molecule has 0 aromatic heterocycles. The Labute approximate surface area is 85.0 Å². The zero-order valence-electron chi connectivity index (χ0n) is 8.54. The van der Waals surface area contributed by atoms with Crippen LogP contribution in [-0.4, -0.2) is 11.1 Å². The molecular formula is C12H18O2. The summed E-state index contributed by atoms with van der Waals surface area (Å²) in [6, 6.07) is 0. The van der Waals surface area contributed by atoms with E-state index in [1.165, 1.54) is 25.7 Å². The molecule has 2 atom stereocenters. The minimum Gasteiger partial charge on any atom is -0.478 e. The quantitative estimate of drug-likeness (QED) is 0.699. The van der Waals surface area contributed by atoms with E-state index in [9.17, 15) is 4.79 Å². The monoisotopic (exact) mass is 194 g/mol. The molecule has 0 bridgehead atoms. The van der Waals surface area contributed by atoms with Crippen LogP contribution in [0.5, 0.6) is 0 Å². The zero-order valence-corrected chi connectivity index (χ0v) is 8.54. The number of carboxylic acid groups (broad SMARTS) is 1. The Morgan fingerprint density at radius 3 is 2.43 bits per heavy atom. The molecule has 0 aromatic rings. The lowest BCUT2D eigenvalue weighted by Crippen LogP contribution is -2.09. The molecule has 0 aliphatic heterocycles. The topological polar surface area (TPSA) is 37.3 Å². The van der Waals surface area contributed by atoms with Gasteiger partial charge in [0.2, 0.25) is 0 Å². The van der Waals surface area contributed by atoms with E-state index in [1.54, 1.807) is 0 Å². The van der Waals surface area contributed by atoms with Crippen LogP contribution in [0.2, 0.25) is 0 Å². The van der Waals surface area contributed by atoms with Crippen molar-refractivity contribution >= 4 is 5.97 Å². The van der Waals surface area contributed by atoms with Crippen LogP contribution in [0, 0.1) is 17.8 Å². The predicted molar refractivity (Wildman–Crippen MR) is 54.9 cm³/mol. The van der Waals surface area contributed by atoms with Gasteiger partial charge in [-0.1, -0.05) is 19.4 Å². The first kappa shape index (κ1) is 9.75. The normalized spacial score (nSPS) is 31.7. The molecule has 14 heavy (non-hydrogen) atoms. The molecule has 0 saturated heterocycles. The fraction of sp³-hybridized carbons (Fsp3) is 0.750. The highest BCUT2D eigenvalue weighted by molar-refractivity contribution is 5.86. The van der Waals surface area contributed by atoms with Gasteiger partial charge >= 0.3 is 5.97 Å².